The second kappa shape index (κ2) is 8.52. The number of hydrogen-bond acceptors (Lipinski definition) is 7. The highest BCUT2D eigenvalue weighted by molar-refractivity contribution is 5.86. The highest BCUT2D eigenvalue weighted by Gasteiger charge is 2.17. The van der Waals surface area contributed by atoms with E-state index in [1.807, 2.05) is 20.8 Å². The Morgan fingerprint density at radius 1 is 1.39 bits per heavy atom. The van der Waals surface area contributed by atoms with Crippen molar-refractivity contribution < 1.29 is 23.5 Å². The summed E-state index contributed by atoms with van der Waals surface area (Å²) in [6.07, 6.45) is 2.93. The molecule has 23 heavy (non-hydrogen) atoms. The maximum Gasteiger partial charge on any atom is 0.407 e. The third-order valence-electron chi connectivity index (χ3n) is 2.84. The van der Waals surface area contributed by atoms with Gasteiger partial charge in [-0.3, -0.25) is 0 Å². The van der Waals surface area contributed by atoms with E-state index in [1.165, 1.54) is 13.4 Å². The minimum atomic E-state index is -0.561. The van der Waals surface area contributed by atoms with Gasteiger partial charge >= 0.3 is 12.1 Å². The summed E-state index contributed by atoms with van der Waals surface area (Å²) in [6, 6.07) is -0.407. The highest BCUT2D eigenvalue weighted by Crippen LogP contribution is 2.16. The fraction of sp³-hybridized carbons (Fsp3) is 0.667. The summed E-state index contributed by atoms with van der Waals surface area (Å²) in [6.45, 7) is 5.93. The molecule has 1 amide bonds. The summed E-state index contributed by atoms with van der Waals surface area (Å²) in [5.74, 6) is -0.265. The summed E-state index contributed by atoms with van der Waals surface area (Å²) >= 11 is 0. The van der Waals surface area contributed by atoms with Crippen molar-refractivity contribution in [1.82, 2.24) is 10.3 Å². The predicted molar refractivity (Wildman–Crippen MR) is 82.9 cm³/mol. The number of esters is 1. The molecule has 3 N–H and O–H groups in total. The maximum absolute atomic E-state index is 11.4. The third kappa shape index (κ3) is 7.14. The van der Waals surface area contributed by atoms with Crippen LogP contribution in [0.5, 0.6) is 0 Å². The Hall–Kier alpha value is -2.09. The van der Waals surface area contributed by atoms with Gasteiger partial charge in [-0.1, -0.05) is 0 Å². The number of alkyl carbamates (subject to hydrolysis) is 1. The average Bonchev–Trinajstić information content (AvgIpc) is 2.93. The number of aromatic nitrogens is 1. The number of carbonyl (C=O) groups is 2. The predicted octanol–water partition coefficient (Wildman–Crippen LogP) is 2.16. The van der Waals surface area contributed by atoms with E-state index in [1.54, 1.807) is 0 Å². The minimum Gasteiger partial charge on any atom is -0.464 e. The molecule has 0 saturated carbocycles. The number of oxazole rings is 1. The van der Waals surface area contributed by atoms with Crippen LogP contribution in [0.4, 0.5) is 4.79 Å². The lowest BCUT2D eigenvalue weighted by Gasteiger charge is -2.19. The molecule has 0 fully saturated rings. The Morgan fingerprint density at radius 3 is 2.70 bits per heavy atom. The molecule has 130 valence electrons. The van der Waals surface area contributed by atoms with Crippen LogP contribution < -0.4 is 11.1 Å². The summed E-state index contributed by atoms with van der Waals surface area (Å²) in [5.41, 5.74) is 5.55. The standard InChI is InChI=1S/C15H25N3O5/c1-15(2,3)23-14(20)17-8-6-5-7-10(16)12-18-11(9-22-12)13(19)21-4/h9-10H,5-8,16H2,1-4H3,(H,17,20)/t10-/m0/s1. The molecule has 0 aliphatic carbocycles. The van der Waals surface area contributed by atoms with Gasteiger partial charge in [-0.15, -0.1) is 0 Å². The van der Waals surface area contributed by atoms with E-state index in [-0.39, 0.29) is 5.69 Å². The van der Waals surface area contributed by atoms with Gasteiger partial charge in [-0.05, 0) is 40.0 Å². The van der Waals surface area contributed by atoms with E-state index in [0.29, 0.717) is 18.9 Å². The van der Waals surface area contributed by atoms with Crippen LogP contribution in [0.2, 0.25) is 0 Å². The fourth-order valence-corrected chi connectivity index (χ4v) is 1.77. The van der Waals surface area contributed by atoms with Gasteiger partial charge < -0.3 is 24.9 Å². The van der Waals surface area contributed by atoms with Gasteiger partial charge in [-0.2, -0.15) is 0 Å². The number of unbranched alkanes of at least 4 members (excludes halogenated alkanes) is 1. The van der Waals surface area contributed by atoms with Crippen molar-refractivity contribution in [2.24, 2.45) is 5.73 Å². The Labute approximate surface area is 135 Å². The molecule has 0 aromatic carbocycles. The third-order valence-corrected chi connectivity index (χ3v) is 2.84. The molecule has 8 nitrogen and oxygen atoms in total. The molecule has 0 aliphatic rings. The van der Waals surface area contributed by atoms with Crippen molar-refractivity contribution in [3.8, 4) is 0 Å². The van der Waals surface area contributed by atoms with E-state index in [2.05, 4.69) is 15.0 Å². The van der Waals surface area contributed by atoms with Crippen LogP contribution in [0.3, 0.4) is 0 Å². The molecule has 0 saturated heterocycles. The summed E-state index contributed by atoms with van der Waals surface area (Å²) < 4.78 is 14.8. The Morgan fingerprint density at radius 2 is 2.09 bits per heavy atom. The average molecular weight is 327 g/mol. The Bertz CT molecular complexity index is 521. The molecule has 0 aliphatic heterocycles. The molecule has 0 unspecified atom stereocenters. The molecule has 0 radical (unpaired) electrons. The number of rotatable bonds is 7. The lowest BCUT2D eigenvalue weighted by molar-refractivity contribution is 0.0525. The number of methoxy groups -OCH3 is 1. The Kier molecular flexibility index (Phi) is 7.02. The van der Waals surface area contributed by atoms with E-state index in [0.717, 1.165) is 12.8 Å². The first-order chi connectivity index (χ1) is 10.7. The maximum atomic E-state index is 11.4. The van der Waals surface area contributed by atoms with Gasteiger partial charge in [0.1, 0.15) is 11.9 Å². The van der Waals surface area contributed by atoms with E-state index >= 15 is 0 Å². The molecule has 8 heteroatoms. The van der Waals surface area contributed by atoms with Crippen LogP contribution in [0.1, 0.15) is 62.5 Å². The van der Waals surface area contributed by atoms with Crippen LogP contribution in [0, 0.1) is 0 Å². The zero-order valence-corrected chi connectivity index (χ0v) is 14.0. The molecule has 1 heterocycles. The van der Waals surface area contributed by atoms with Crippen LogP contribution in [-0.4, -0.2) is 36.3 Å². The number of nitrogens with two attached hydrogens (primary N) is 1. The van der Waals surface area contributed by atoms with Crippen molar-refractivity contribution in [3.63, 3.8) is 0 Å². The number of ether oxygens (including phenoxy) is 2. The van der Waals surface area contributed by atoms with Gasteiger partial charge in [-0.25, -0.2) is 14.6 Å². The Balaban J connectivity index is 2.24. The van der Waals surface area contributed by atoms with Gasteiger partial charge in [0.15, 0.2) is 5.69 Å². The molecule has 1 atom stereocenters. The first-order valence-corrected chi connectivity index (χ1v) is 7.49. The normalized spacial score (nSPS) is 12.6. The second-order valence-corrected chi connectivity index (χ2v) is 6.09. The lowest BCUT2D eigenvalue weighted by Crippen LogP contribution is -2.33. The van der Waals surface area contributed by atoms with Crippen molar-refractivity contribution in [2.75, 3.05) is 13.7 Å². The number of hydrogen-bond donors (Lipinski definition) is 2. The quantitative estimate of drug-likeness (QED) is 0.582. The number of nitrogens with one attached hydrogen (secondary N) is 1. The van der Waals surface area contributed by atoms with Crippen molar-refractivity contribution in [1.29, 1.82) is 0 Å². The fourth-order valence-electron chi connectivity index (χ4n) is 1.77. The SMILES string of the molecule is COC(=O)c1coc([C@@H](N)CCCCNC(=O)OC(C)(C)C)n1. The number of amides is 1. The number of carbonyl (C=O) groups excluding carboxylic acids is 2. The van der Waals surface area contributed by atoms with Crippen LogP contribution in [0.25, 0.3) is 0 Å². The first-order valence-electron chi connectivity index (χ1n) is 7.49. The largest absolute Gasteiger partial charge is 0.464 e. The topological polar surface area (TPSA) is 117 Å². The number of nitrogens with zero attached hydrogens (tertiary/aromatic N) is 1. The van der Waals surface area contributed by atoms with E-state index in [9.17, 15) is 9.59 Å². The van der Waals surface area contributed by atoms with Crippen LogP contribution in [-0.2, 0) is 9.47 Å². The van der Waals surface area contributed by atoms with E-state index in [4.69, 9.17) is 14.9 Å². The molecule has 1 aromatic rings. The molecule has 1 aromatic heterocycles. The van der Waals surface area contributed by atoms with E-state index < -0.39 is 23.7 Å². The first kappa shape index (κ1) is 19.0. The zero-order valence-electron chi connectivity index (χ0n) is 14.0. The lowest BCUT2D eigenvalue weighted by atomic mass is 10.1. The molecular weight excluding hydrogens is 302 g/mol. The second-order valence-electron chi connectivity index (χ2n) is 6.09. The van der Waals surface area contributed by atoms with Gasteiger partial charge in [0.05, 0.1) is 13.2 Å². The molecular formula is C15H25N3O5. The minimum absolute atomic E-state index is 0.101. The molecule has 0 spiro atoms. The highest BCUT2D eigenvalue weighted by atomic mass is 16.6. The smallest absolute Gasteiger partial charge is 0.407 e. The molecule has 1 rings (SSSR count). The summed E-state index contributed by atoms with van der Waals surface area (Å²) in [4.78, 5) is 26.7. The monoisotopic (exact) mass is 327 g/mol. The van der Waals surface area contributed by atoms with Crippen molar-refractivity contribution >= 4 is 12.1 Å². The van der Waals surface area contributed by atoms with Gasteiger partial charge in [0.2, 0.25) is 5.89 Å². The van der Waals surface area contributed by atoms with Gasteiger partial charge in [0.25, 0.3) is 0 Å². The molecule has 0 bridgehead atoms. The zero-order chi connectivity index (χ0) is 17.5. The van der Waals surface area contributed by atoms with Gasteiger partial charge in [0, 0.05) is 6.54 Å². The van der Waals surface area contributed by atoms with Crippen molar-refractivity contribution in [2.45, 2.75) is 51.7 Å². The summed E-state index contributed by atoms with van der Waals surface area (Å²) in [7, 11) is 1.27. The van der Waals surface area contributed by atoms with Crippen LogP contribution >= 0.6 is 0 Å². The summed E-state index contributed by atoms with van der Waals surface area (Å²) in [5, 5.41) is 2.68. The van der Waals surface area contributed by atoms with Crippen LogP contribution in [0.15, 0.2) is 10.7 Å². The van der Waals surface area contributed by atoms with Crippen molar-refractivity contribution in [3.05, 3.63) is 17.8 Å².